The minimum absolute atomic E-state index is 0.0757. The summed E-state index contributed by atoms with van der Waals surface area (Å²) in [5.41, 5.74) is -0.113. The first kappa shape index (κ1) is 11.0. The quantitative estimate of drug-likeness (QED) is 0.813. The fraction of sp³-hybridized carbons (Fsp3) is 0.364. The predicted molar refractivity (Wildman–Crippen MR) is 53.3 cm³/mol. The summed E-state index contributed by atoms with van der Waals surface area (Å²) in [6.07, 6.45) is 1.76. The number of halogens is 2. The average molecular weight is 227 g/mol. The second-order valence-electron chi connectivity index (χ2n) is 3.82. The van der Waals surface area contributed by atoms with E-state index in [1.807, 2.05) is 0 Å². The smallest absolute Gasteiger partial charge is 0.338 e. The second kappa shape index (κ2) is 4.17. The van der Waals surface area contributed by atoms with Crippen LogP contribution in [-0.4, -0.2) is 17.6 Å². The van der Waals surface area contributed by atoms with Gasteiger partial charge in [-0.3, -0.25) is 0 Å². The second-order valence-corrected chi connectivity index (χ2v) is 3.82. The van der Waals surface area contributed by atoms with Crippen LogP contribution < -0.4 is 5.32 Å². The molecule has 1 aliphatic heterocycles. The molecule has 16 heavy (non-hydrogen) atoms. The predicted octanol–water partition coefficient (Wildman–Crippen LogP) is 2.09. The van der Waals surface area contributed by atoms with Crippen molar-refractivity contribution in [1.82, 2.24) is 5.32 Å². The molecule has 0 radical (unpaired) electrons. The SMILES string of the molecule is O=C(O)c1cc(C2CCCN2)cc(F)c1F. The summed E-state index contributed by atoms with van der Waals surface area (Å²) in [6, 6.07) is 2.18. The van der Waals surface area contributed by atoms with Crippen LogP contribution in [0.4, 0.5) is 8.78 Å². The van der Waals surface area contributed by atoms with Crippen LogP contribution in [0.1, 0.15) is 34.8 Å². The van der Waals surface area contributed by atoms with Crippen LogP contribution in [-0.2, 0) is 0 Å². The molecule has 3 nitrogen and oxygen atoms in total. The summed E-state index contributed by atoms with van der Waals surface area (Å²) in [6.45, 7) is 0.812. The Morgan fingerprint density at radius 1 is 1.44 bits per heavy atom. The number of benzene rings is 1. The summed E-state index contributed by atoms with van der Waals surface area (Å²) in [7, 11) is 0. The van der Waals surface area contributed by atoms with Crippen LogP contribution in [0.25, 0.3) is 0 Å². The first-order chi connectivity index (χ1) is 7.59. The summed E-state index contributed by atoms with van der Waals surface area (Å²) < 4.78 is 26.3. The molecule has 1 heterocycles. The van der Waals surface area contributed by atoms with Gasteiger partial charge in [-0.05, 0) is 37.1 Å². The number of nitrogens with one attached hydrogen (secondary N) is 1. The number of rotatable bonds is 2. The van der Waals surface area contributed by atoms with E-state index in [9.17, 15) is 13.6 Å². The largest absolute Gasteiger partial charge is 0.478 e. The van der Waals surface area contributed by atoms with Crippen LogP contribution >= 0.6 is 0 Å². The molecule has 5 heteroatoms. The lowest BCUT2D eigenvalue weighted by atomic mass is 10.0. The molecule has 1 aromatic carbocycles. The fourth-order valence-corrected chi connectivity index (χ4v) is 1.94. The molecule has 86 valence electrons. The molecule has 0 spiro atoms. The van der Waals surface area contributed by atoms with Gasteiger partial charge in [-0.25, -0.2) is 13.6 Å². The van der Waals surface area contributed by atoms with E-state index in [1.54, 1.807) is 0 Å². The van der Waals surface area contributed by atoms with Crippen LogP contribution in [0.3, 0.4) is 0 Å². The average Bonchev–Trinajstić information content (AvgIpc) is 2.74. The Kier molecular flexibility index (Phi) is 2.87. The first-order valence-electron chi connectivity index (χ1n) is 5.05. The van der Waals surface area contributed by atoms with Crippen molar-refractivity contribution >= 4 is 5.97 Å². The first-order valence-corrected chi connectivity index (χ1v) is 5.05. The Morgan fingerprint density at radius 3 is 2.75 bits per heavy atom. The van der Waals surface area contributed by atoms with Crippen LogP contribution in [0.2, 0.25) is 0 Å². The van der Waals surface area contributed by atoms with Gasteiger partial charge in [-0.2, -0.15) is 0 Å². The molecule has 0 saturated carbocycles. The maximum Gasteiger partial charge on any atom is 0.338 e. The monoisotopic (exact) mass is 227 g/mol. The van der Waals surface area contributed by atoms with E-state index in [-0.39, 0.29) is 6.04 Å². The van der Waals surface area contributed by atoms with Crippen molar-refractivity contribution in [3.8, 4) is 0 Å². The topological polar surface area (TPSA) is 49.3 Å². The highest BCUT2D eigenvalue weighted by Gasteiger charge is 2.22. The molecule has 1 aromatic rings. The Hall–Kier alpha value is -1.49. The third-order valence-corrected chi connectivity index (χ3v) is 2.74. The zero-order valence-corrected chi connectivity index (χ0v) is 8.46. The molecule has 0 amide bonds. The van der Waals surface area contributed by atoms with Gasteiger partial charge in [0.15, 0.2) is 11.6 Å². The third-order valence-electron chi connectivity index (χ3n) is 2.74. The van der Waals surface area contributed by atoms with Gasteiger partial charge >= 0.3 is 5.97 Å². The summed E-state index contributed by atoms with van der Waals surface area (Å²) >= 11 is 0. The van der Waals surface area contributed by atoms with E-state index in [0.717, 1.165) is 25.5 Å². The molecule has 1 aliphatic rings. The molecule has 0 bridgehead atoms. The van der Waals surface area contributed by atoms with Gasteiger partial charge < -0.3 is 10.4 Å². The number of carboxylic acids is 1. The van der Waals surface area contributed by atoms with Crippen molar-refractivity contribution in [1.29, 1.82) is 0 Å². The number of carboxylic acid groups (broad SMARTS) is 1. The van der Waals surface area contributed by atoms with Crippen molar-refractivity contribution in [2.45, 2.75) is 18.9 Å². The highest BCUT2D eigenvalue weighted by atomic mass is 19.2. The molecule has 1 atom stereocenters. The maximum absolute atomic E-state index is 13.2. The van der Waals surface area contributed by atoms with Crippen molar-refractivity contribution in [3.05, 3.63) is 34.9 Å². The van der Waals surface area contributed by atoms with Crippen LogP contribution in [0.5, 0.6) is 0 Å². The van der Waals surface area contributed by atoms with E-state index in [4.69, 9.17) is 5.11 Å². The van der Waals surface area contributed by atoms with Gasteiger partial charge in [0.25, 0.3) is 0 Å². The lowest BCUT2D eigenvalue weighted by Gasteiger charge is -2.12. The third kappa shape index (κ3) is 1.90. The number of hydrogen-bond acceptors (Lipinski definition) is 2. The Balaban J connectivity index is 2.43. The Bertz CT molecular complexity index is 428. The van der Waals surface area contributed by atoms with E-state index in [0.29, 0.717) is 5.56 Å². The molecule has 2 rings (SSSR count). The Labute approximate surface area is 91.1 Å². The lowest BCUT2D eigenvalue weighted by Crippen LogP contribution is -2.15. The molecule has 1 fully saturated rings. The summed E-state index contributed by atoms with van der Waals surface area (Å²) in [5.74, 6) is -3.85. The molecule has 1 unspecified atom stereocenters. The summed E-state index contributed by atoms with van der Waals surface area (Å²) in [4.78, 5) is 10.7. The standard InChI is InChI=1S/C11H11F2NO2/c12-8-5-6(9-2-1-3-14-9)4-7(10(8)13)11(15)16/h4-5,9,14H,1-3H2,(H,15,16). The zero-order valence-electron chi connectivity index (χ0n) is 8.46. The molecule has 0 aliphatic carbocycles. The highest BCUT2D eigenvalue weighted by Crippen LogP contribution is 2.26. The minimum atomic E-state index is -1.45. The molecule has 0 aromatic heterocycles. The van der Waals surface area contributed by atoms with Crippen molar-refractivity contribution in [2.24, 2.45) is 0 Å². The number of carbonyl (C=O) groups is 1. The number of aromatic carboxylic acids is 1. The van der Waals surface area contributed by atoms with E-state index in [1.165, 1.54) is 6.07 Å². The van der Waals surface area contributed by atoms with Crippen LogP contribution in [0.15, 0.2) is 12.1 Å². The van der Waals surface area contributed by atoms with E-state index < -0.39 is 23.2 Å². The highest BCUT2D eigenvalue weighted by molar-refractivity contribution is 5.88. The molecular formula is C11H11F2NO2. The molecule has 1 saturated heterocycles. The number of hydrogen-bond donors (Lipinski definition) is 2. The minimum Gasteiger partial charge on any atom is -0.478 e. The van der Waals surface area contributed by atoms with Gasteiger partial charge in [0.2, 0.25) is 0 Å². The van der Waals surface area contributed by atoms with Crippen molar-refractivity contribution in [2.75, 3.05) is 6.54 Å². The van der Waals surface area contributed by atoms with E-state index in [2.05, 4.69) is 5.32 Å². The molecular weight excluding hydrogens is 216 g/mol. The van der Waals surface area contributed by atoms with E-state index >= 15 is 0 Å². The van der Waals surface area contributed by atoms with Crippen LogP contribution in [0, 0.1) is 11.6 Å². The maximum atomic E-state index is 13.2. The summed E-state index contributed by atoms with van der Waals surface area (Å²) in [5, 5.41) is 11.8. The zero-order chi connectivity index (χ0) is 11.7. The van der Waals surface area contributed by atoms with Gasteiger partial charge in [-0.1, -0.05) is 0 Å². The molecule has 2 N–H and O–H groups in total. The Morgan fingerprint density at radius 2 is 2.19 bits per heavy atom. The fourth-order valence-electron chi connectivity index (χ4n) is 1.94. The van der Waals surface area contributed by atoms with Gasteiger partial charge in [0.1, 0.15) is 0 Å². The normalized spacial score (nSPS) is 20.0. The van der Waals surface area contributed by atoms with Crippen molar-refractivity contribution in [3.63, 3.8) is 0 Å². The van der Waals surface area contributed by atoms with Crippen molar-refractivity contribution < 1.29 is 18.7 Å². The van der Waals surface area contributed by atoms with Gasteiger partial charge in [-0.15, -0.1) is 0 Å². The van der Waals surface area contributed by atoms with Gasteiger partial charge in [0.05, 0.1) is 5.56 Å². The van der Waals surface area contributed by atoms with Gasteiger partial charge in [0, 0.05) is 6.04 Å². The lowest BCUT2D eigenvalue weighted by molar-refractivity contribution is 0.0690.